The summed E-state index contributed by atoms with van der Waals surface area (Å²) in [5.41, 5.74) is 1.33. The van der Waals surface area contributed by atoms with Gasteiger partial charge in [-0.25, -0.2) is 9.78 Å². The maximum Gasteiger partial charge on any atom is 0.397 e. The lowest BCUT2D eigenvalue weighted by Gasteiger charge is -2.05. The molecule has 0 bridgehead atoms. The Kier molecular flexibility index (Phi) is 4.43. The molecule has 0 fully saturated rings. The van der Waals surface area contributed by atoms with Crippen LogP contribution in [0.4, 0.5) is 5.82 Å². The van der Waals surface area contributed by atoms with Crippen LogP contribution in [0.5, 0.6) is 0 Å². The summed E-state index contributed by atoms with van der Waals surface area (Å²) in [6.45, 7) is 3.53. The van der Waals surface area contributed by atoms with Crippen molar-refractivity contribution in [1.29, 1.82) is 0 Å². The molecule has 1 N–H and O–H groups in total. The highest BCUT2D eigenvalue weighted by molar-refractivity contribution is 7.12. The maximum atomic E-state index is 11.8. The number of aromatic nitrogens is 3. The number of aryl methyl sites for hydroxylation is 1. The number of anilines is 1. The number of ether oxygens (including phenoxy) is 1. The average Bonchev–Trinajstić information content (AvgIpc) is 3.26. The van der Waals surface area contributed by atoms with Gasteiger partial charge in [0.15, 0.2) is 5.76 Å². The Hall–Kier alpha value is -2.94. The highest BCUT2D eigenvalue weighted by Gasteiger charge is 2.19. The number of nitrogens with one attached hydrogen (secondary N) is 1. The minimum atomic E-state index is -0.946. The van der Waals surface area contributed by atoms with Gasteiger partial charge >= 0.3 is 11.9 Å². The van der Waals surface area contributed by atoms with Gasteiger partial charge in [-0.1, -0.05) is 0 Å². The third-order valence-corrected chi connectivity index (χ3v) is 3.80. The van der Waals surface area contributed by atoms with Crippen LogP contribution in [0.25, 0.3) is 16.6 Å². The van der Waals surface area contributed by atoms with E-state index in [0.29, 0.717) is 28.1 Å². The minimum absolute atomic E-state index is 0.129. The summed E-state index contributed by atoms with van der Waals surface area (Å²) in [6.07, 6.45) is 1.57. The van der Waals surface area contributed by atoms with Gasteiger partial charge in [0.2, 0.25) is 5.13 Å². The van der Waals surface area contributed by atoms with E-state index in [2.05, 4.69) is 20.1 Å². The summed E-state index contributed by atoms with van der Waals surface area (Å²) in [5.74, 6) is -0.830. The molecule has 124 valence electrons. The van der Waals surface area contributed by atoms with Crippen molar-refractivity contribution in [2.45, 2.75) is 13.8 Å². The first kappa shape index (κ1) is 15.9. The van der Waals surface area contributed by atoms with Crippen LogP contribution in [0.2, 0.25) is 0 Å². The van der Waals surface area contributed by atoms with Crippen molar-refractivity contribution < 1.29 is 18.7 Å². The number of hydrogen-bond acceptors (Lipinski definition) is 7. The van der Waals surface area contributed by atoms with Gasteiger partial charge in [-0.3, -0.25) is 4.79 Å². The molecule has 0 aliphatic carbocycles. The van der Waals surface area contributed by atoms with E-state index in [1.54, 1.807) is 38.3 Å². The molecule has 0 saturated heterocycles. The van der Waals surface area contributed by atoms with Gasteiger partial charge in [0.1, 0.15) is 11.5 Å². The Morgan fingerprint density at radius 1 is 1.46 bits per heavy atom. The second-order valence-corrected chi connectivity index (χ2v) is 5.59. The number of carbonyl (C=O) groups is 2. The fraction of sp³-hybridized carbons (Fsp3) is 0.200. The smallest absolute Gasteiger partial charge is 0.397 e. The van der Waals surface area contributed by atoms with E-state index < -0.39 is 11.9 Å². The summed E-state index contributed by atoms with van der Waals surface area (Å²) in [5, 5.41) is 9.15. The molecule has 0 atom stereocenters. The number of nitrogens with zero attached hydrogens (tertiary/aromatic N) is 3. The maximum absolute atomic E-state index is 11.8. The van der Waals surface area contributed by atoms with Gasteiger partial charge in [-0.15, -0.1) is 11.3 Å². The zero-order chi connectivity index (χ0) is 17.1. The van der Waals surface area contributed by atoms with Crippen LogP contribution in [0, 0.1) is 6.92 Å². The van der Waals surface area contributed by atoms with Crippen molar-refractivity contribution in [1.82, 2.24) is 14.8 Å². The monoisotopic (exact) mass is 346 g/mol. The Morgan fingerprint density at radius 3 is 3.00 bits per heavy atom. The summed E-state index contributed by atoms with van der Waals surface area (Å²) >= 11 is 1.34. The Balaban J connectivity index is 1.87. The van der Waals surface area contributed by atoms with E-state index in [-0.39, 0.29) is 6.61 Å². The minimum Gasteiger partial charge on any atom is -0.463 e. The molecule has 1 amide bonds. The van der Waals surface area contributed by atoms with Crippen LogP contribution in [0.15, 0.2) is 34.3 Å². The fourth-order valence-electron chi connectivity index (χ4n) is 2.00. The first-order valence-corrected chi connectivity index (χ1v) is 8.01. The number of amides is 1. The van der Waals surface area contributed by atoms with Gasteiger partial charge in [0, 0.05) is 11.4 Å². The Bertz CT molecular complexity index is 866. The number of carbonyl (C=O) groups excluding carboxylic acids is 2. The Labute approximate surface area is 141 Å². The van der Waals surface area contributed by atoms with Crippen LogP contribution >= 0.6 is 11.3 Å². The van der Waals surface area contributed by atoms with Gasteiger partial charge in [-0.05, 0) is 26.0 Å². The lowest BCUT2D eigenvalue weighted by atomic mass is 10.4. The summed E-state index contributed by atoms with van der Waals surface area (Å²) in [7, 11) is 0. The number of thiazole rings is 1. The van der Waals surface area contributed by atoms with E-state index in [1.165, 1.54) is 16.0 Å². The van der Waals surface area contributed by atoms with Crippen molar-refractivity contribution in [3.63, 3.8) is 0 Å². The highest BCUT2D eigenvalue weighted by atomic mass is 32.1. The predicted molar refractivity (Wildman–Crippen MR) is 86.9 cm³/mol. The number of hydrogen-bond donors (Lipinski definition) is 1. The Morgan fingerprint density at radius 2 is 2.29 bits per heavy atom. The van der Waals surface area contributed by atoms with E-state index in [4.69, 9.17) is 4.42 Å². The van der Waals surface area contributed by atoms with Gasteiger partial charge in [0.05, 0.1) is 18.6 Å². The molecular weight excluding hydrogens is 332 g/mol. The molecule has 24 heavy (non-hydrogen) atoms. The van der Waals surface area contributed by atoms with Gasteiger partial charge < -0.3 is 14.5 Å². The van der Waals surface area contributed by atoms with E-state index in [9.17, 15) is 9.59 Å². The third-order valence-electron chi connectivity index (χ3n) is 2.98. The summed E-state index contributed by atoms with van der Waals surface area (Å²) in [6, 6.07) is 5.22. The van der Waals surface area contributed by atoms with Crippen LogP contribution in [-0.4, -0.2) is 33.2 Å². The van der Waals surface area contributed by atoms with E-state index in [0.717, 1.165) is 0 Å². The van der Waals surface area contributed by atoms with Crippen LogP contribution in [-0.2, 0) is 14.3 Å². The molecule has 0 saturated carbocycles. The second-order valence-electron chi connectivity index (χ2n) is 4.75. The van der Waals surface area contributed by atoms with Crippen molar-refractivity contribution >= 4 is 29.0 Å². The van der Waals surface area contributed by atoms with E-state index >= 15 is 0 Å². The second kappa shape index (κ2) is 6.67. The predicted octanol–water partition coefficient (Wildman–Crippen LogP) is 2.40. The lowest BCUT2D eigenvalue weighted by molar-refractivity contribution is -0.152. The molecule has 3 aromatic heterocycles. The molecule has 0 aliphatic rings. The number of furan rings is 1. The highest BCUT2D eigenvalue weighted by Crippen LogP contribution is 2.26. The zero-order valence-corrected chi connectivity index (χ0v) is 13.8. The third kappa shape index (κ3) is 3.20. The number of rotatable bonds is 4. The topological polar surface area (TPSA) is 99.2 Å². The molecule has 3 rings (SSSR count). The van der Waals surface area contributed by atoms with Crippen LogP contribution < -0.4 is 5.32 Å². The molecular formula is C15H14N4O4S. The quantitative estimate of drug-likeness (QED) is 0.575. The van der Waals surface area contributed by atoms with Crippen molar-refractivity contribution in [2.75, 3.05) is 11.9 Å². The van der Waals surface area contributed by atoms with Crippen molar-refractivity contribution in [3.8, 4) is 16.6 Å². The van der Waals surface area contributed by atoms with Crippen LogP contribution in [0.1, 0.15) is 12.6 Å². The molecule has 0 unspecified atom stereocenters. The fourth-order valence-corrected chi connectivity index (χ4v) is 2.77. The average molecular weight is 346 g/mol. The molecule has 9 heteroatoms. The molecule has 3 heterocycles. The molecule has 0 spiro atoms. The SMILES string of the molecule is CCOC(=O)C(=O)Nc1cc(C)nn1-c1nc(-c2ccco2)cs1. The zero-order valence-electron chi connectivity index (χ0n) is 13.0. The van der Waals surface area contributed by atoms with Gasteiger partial charge in [0.25, 0.3) is 0 Å². The molecule has 3 aromatic rings. The first-order chi connectivity index (χ1) is 11.6. The van der Waals surface area contributed by atoms with E-state index in [1.807, 2.05) is 5.38 Å². The van der Waals surface area contributed by atoms with Gasteiger partial charge in [-0.2, -0.15) is 9.78 Å². The number of esters is 1. The lowest BCUT2D eigenvalue weighted by Crippen LogP contribution is -2.26. The van der Waals surface area contributed by atoms with Crippen molar-refractivity contribution in [2.24, 2.45) is 0 Å². The summed E-state index contributed by atoms with van der Waals surface area (Å²) in [4.78, 5) is 27.7. The van der Waals surface area contributed by atoms with Crippen LogP contribution in [0.3, 0.4) is 0 Å². The first-order valence-electron chi connectivity index (χ1n) is 7.13. The molecule has 0 radical (unpaired) electrons. The molecule has 0 aromatic carbocycles. The largest absolute Gasteiger partial charge is 0.463 e. The molecule has 0 aliphatic heterocycles. The van der Waals surface area contributed by atoms with Crippen molar-refractivity contribution in [3.05, 3.63) is 35.5 Å². The molecule has 8 nitrogen and oxygen atoms in total. The standard InChI is InChI=1S/C15H14N4O4S/c1-3-22-14(21)13(20)17-12-7-9(2)18-19(12)15-16-10(8-24-15)11-5-4-6-23-11/h4-8H,3H2,1-2H3,(H,17,20). The normalized spacial score (nSPS) is 10.6. The summed E-state index contributed by atoms with van der Waals surface area (Å²) < 4.78 is 11.4.